The van der Waals surface area contributed by atoms with Gasteiger partial charge in [-0.2, -0.15) is 0 Å². The summed E-state index contributed by atoms with van der Waals surface area (Å²) in [6.45, 7) is 4.43. The summed E-state index contributed by atoms with van der Waals surface area (Å²) in [5.41, 5.74) is 6.47. The molecule has 0 aromatic heterocycles. The summed E-state index contributed by atoms with van der Waals surface area (Å²) in [6.07, 6.45) is 3.40. The highest BCUT2D eigenvalue weighted by molar-refractivity contribution is 9.10. The first-order valence-electron chi connectivity index (χ1n) is 8.79. The molecule has 4 rings (SSSR count). The Morgan fingerprint density at radius 3 is 2.48 bits per heavy atom. The van der Waals surface area contributed by atoms with E-state index < -0.39 is 0 Å². The van der Waals surface area contributed by atoms with Crippen LogP contribution in [0.1, 0.15) is 40.9 Å². The van der Waals surface area contributed by atoms with Gasteiger partial charge >= 0.3 is 0 Å². The maximum Gasteiger partial charge on any atom is 0.185 e. The lowest BCUT2D eigenvalue weighted by molar-refractivity contribution is 0.104. The van der Waals surface area contributed by atoms with Gasteiger partial charge in [-0.05, 0) is 58.2 Å². The van der Waals surface area contributed by atoms with Crippen LogP contribution in [-0.4, -0.2) is 5.78 Å². The van der Waals surface area contributed by atoms with E-state index in [2.05, 4.69) is 60.1 Å². The molecule has 0 spiro atoms. The third kappa shape index (κ3) is 3.28. The molecule has 1 nitrogen and oxygen atoms in total. The van der Waals surface area contributed by atoms with Gasteiger partial charge < -0.3 is 0 Å². The quantitative estimate of drug-likeness (QED) is 0.310. The molecule has 3 aromatic carbocycles. The Bertz CT molecular complexity index is 1080. The van der Waals surface area contributed by atoms with E-state index in [1.165, 1.54) is 22.3 Å². The third-order valence-electron chi connectivity index (χ3n) is 5.18. The average molecular weight is 438 g/mol. The van der Waals surface area contributed by atoms with Crippen LogP contribution in [0.4, 0.5) is 0 Å². The summed E-state index contributed by atoms with van der Waals surface area (Å²) >= 11 is 9.50. The van der Waals surface area contributed by atoms with E-state index in [9.17, 15) is 4.79 Å². The Labute approximate surface area is 172 Å². The average Bonchev–Trinajstić information content (AvgIpc) is 2.87. The highest BCUT2D eigenvalue weighted by Crippen LogP contribution is 2.48. The van der Waals surface area contributed by atoms with E-state index in [-0.39, 0.29) is 11.2 Å². The van der Waals surface area contributed by atoms with Crippen LogP contribution in [0.3, 0.4) is 0 Å². The van der Waals surface area contributed by atoms with Gasteiger partial charge in [0.15, 0.2) is 5.78 Å². The lowest BCUT2D eigenvalue weighted by atomic mass is 9.82. The molecule has 0 amide bonds. The number of fused-ring (bicyclic) bond motifs is 3. The summed E-state index contributed by atoms with van der Waals surface area (Å²) in [5, 5.41) is 0.633. The Morgan fingerprint density at radius 2 is 1.70 bits per heavy atom. The smallest absolute Gasteiger partial charge is 0.185 e. The first-order valence-corrected chi connectivity index (χ1v) is 9.96. The molecular formula is C24H18BrClO. The predicted molar refractivity (Wildman–Crippen MR) is 117 cm³/mol. The summed E-state index contributed by atoms with van der Waals surface area (Å²) in [7, 11) is 0. The van der Waals surface area contributed by atoms with Crippen LogP contribution in [0.25, 0.3) is 17.2 Å². The van der Waals surface area contributed by atoms with Crippen molar-refractivity contribution >= 4 is 39.4 Å². The van der Waals surface area contributed by atoms with Crippen LogP contribution >= 0.6 is 27.5 Å². The zero-order valence-electron chi connectivity index (χ0n) is 15.1. The highest BCUT2D eigenvalue weighted by atomic mass is 79.9. The third-order valence-corrected chi connectivity index (χ3v) is 5.86. The molecule has 0 N–H and O–H groups in total. The summed E-state index contributed by atoms with van der Waals surface area (Å²) in [6, 6.07) is 20.1. The minimum atomic E-state index is -0.107. The molecule has 0 atom stereocenters. The fourth-order valence-corrected chi connectivity index (χ4v) is 4.68. The number of allylic oxidation sites excluding steroid dienone is 1. The summed E-state index contributed by atoms with van der Waals surface area (Å²) < 4.78 is 0.888. The van der Waals surface area contributed by atoms with Gasteiger partial charge in [0.1, 0.15) is 0 Å². The van der Waals surface area contributed by atoms with E-state index in [1.807, 2.05) is 30.3 Å². The largest absolute Gasteiger partial charge is 0.289 e. The normalized spacial score (nSPS) is 14.2. The molecule has 0 radical (unpaired) electrons. The van der Waals surface area contributed by atoms with Crippen molar-refractivity contribution in [2.45, 2.75) is 19.3 Å². The molecule has 0 bridgehead atoms. The number of rotatable bonds is 3. The molecule has 0 saturated carbocycles. The van der Waals surface area contributed by atoms with Gasteiger partial charge in [0, 0.05) is 20.5 Å². The molecular weight excluding hydrogens is 420 g/mol. The lowest BCUT2D eigenvalue weighted by Gasteiger charge is -2.21. The Balaban J connectivity index is 1.68. The zero-order valence-corrected chi connectivity index (χ0v) is 17.4. The van der Waals surface area contributed by atoms with E-state index in [1.54, 1.807) is 12.2 Å². The van der Waals surface area contributed by atoms with Crippen molar-refractivity contribution in [2.24, 2.45) is 0 Å². The first-order chi connectivity index (χ1) is 12.9. The van der Waals surface area contributed by atoms with E-state index in [0.717, 1.165) is 10.0 Å². The second kappa shape index (κ2) is 6.78. The van der Waals surface area contributed by atoms with Crippen LogP contribution in [-0.2, 0) is 5.41 Å². The molecule has 0 saturated heterocycles. The number of halogens is 2. The summed E-state index contributed by atoms with van der Waals surface area (Å²) in [4.78, 5) is 12.7. The number of hydrogen-bond donors (Lipinski definition) is 0. The Kier molecular flexibility index (Phi) is 4.57. The predicted octanol–water partition coefficient (Wildman–Crippen LogP) is 7.30. The summed E-state index contributed by atoms with van der Waals surface area (Å²) in [5.74, 6) is -0.0133. The van der Waals surface area contributed by atoms with Crippen molar-refractivity contribution < 1.29 is 4.79 Å². The Hall–Kier alpha value is -2.16. The minimum absolute atomic E-state index is 0.0133. The zero-order chi connectivity index (χ0) is 19.2. The molecule has 134 valence electrons. The van der Waals surface area contributed by atoms with Crippen LogP contribution in [0.15, 0.2) is 71.2 Å². The Morgan fingerprint density at radius 1 is 0.963 bits per heavy atom. The molecule has 1 aliphatic rings. The van der Waals surface area contributed by atoms with E-state index in [4.69, 9.17) is 11.6 Å². The molecule has 0 heterocycles. The molecule has 0 aliphatic heterocycles. The van der Waals surface area contributed by atoms with E-state index in [0.29, 0.717) is 10.6 Å². The van der Waals surface area contributed by atoms with Crippen molar-refractivity contribution in [1.29, 1.82) is 0 Å². The topological polar surface area (TPSA) is 17.1 Å². The van der Waals surface area contributed by atoms with Crippen LogP contribution in [0.2, 0.25) is 5.02 Å². The van der Waals surface area contributed by atoms with Gasteiger partial charge in [-0.3, -0.25) is 4.79 Å². The first kappa shape index (κ1) is 18.2. The maximum atomic E-state index is 12.7. The van der Waals surface area contributed by atoms with Gasteiger partial charge in [-0.1, -0.05) is 83.9 Å². The van der Waals surface area contributed by atoms with Crippen LogP contribution < -0.4 is 0 Å². The monoisotopic (exact) mass is 436 g/mol. The standard InChI is InChI=1S/C24H18BrClO/c1-24(2)21-6-4-3-5-19(21)20-9-8-16(13-22(20)24)23(27)10-7-15-11-17(25)14-18(26)12-15/h3-14H,1-2H3/b10-7+. The van der Waals surface area contributed by atoms with Crippen molar-refractivity contribution in [3.63, 3.8) is 0 Å². The van der Waals surface area contributed by atoms with Crippen molar-refractivity contribution in [1.82, 2.24) is 0 Å². The van der Waals surface area contributed by atoms with Gasteiger partial charge in [-0.25, -0.2) is 0 Å². The number of ketones is 1. The number of carbonyl (C=O) groups excluding carboxylic acids is 1. The fourth-order valence-electron chi connectivity index (χ4n) is 3.80. The van der Waals surface area contributed by atoms with Gasteiger partial charge in [0.05, 0.1) is 0 Å². The van der Waals surface area contributed by atoms with Crippen LogP contribution in [0, 0.1) is 0 Å². The number of hydrogen-bond acceptors (Lipinski definition) is 1. The van der Waals surface area contributed by atoms with Gasteiger partial charge in [0.2, 0.25) is 0 Å². The highest BCUT2D eigenvalue weighted by Gasteiger charge is 2.35. The van der Waals surface area contributed by atoms with Gasteiger partial charge in [0.25, 0.3) is 0 Å². The lowest BCUT2D eigenvalue weighted by Crippen LogP contribution is -2.15. The van der Waals surface area contributed by atoms with E-state index >= 15 is 0 Å². The molecule has 27 heavy (non-hydrogen) atoms. The molecule has 0 unspecified atom stereocenters. The minimum Gasteiger partial charge on any atom is -0.289 e. The van der Waals surface area contributed by atoms with Crippen LogP contribution in [0.5, 0.6) is 0 Å². The SMILES string of the molecule is CC1(C)c2ccccc2-c2ccc(C(=O)/C=C/c3cc(Cl)cc(Br)c3)cc21. The van der Waals surface area contributed by atoms with Gasteiger partial charge in [-0.15, -0.1) is 0 Å². The fraction of sp³-hybridized carbons (Fsp3) is 0.125. The number of carbonyl (C=O) groups is 1. The molecule has 1 aliphatic carbocycles. The van der Waals surface area contributed by atoms with Crippen molar-refractivity contribution in [3.8, 4) is 11.1 Å². The van der Waals surface area contributed by atoms with Crippen molar-refractivity contribution in [2.75, 3.05) is 0 Å². The maximum absolute atomic E-state index is 12.7. The van der Waals surface area contributed by atoms with Crippen molar-refractivity contribution in [3.05, 3.63) is 98.5 Å². The second-order valence-corrected chi connectivity index (χ2v) is 8.68. The second-order valence-electron chi connectivity index (χ2n) is 7.33. The number of benzene rings is 3. The molecule has 0 fully saturated rings. The molecule has 3 heteroatoms. The molecule has 3 aromatic rings.